The molecule has 7 heteroatoms. The molecular weight excluding hydrogens is 252 g/mol. The number of hydrogen-bond acceptors (Lipinski definition) is 2. The number of aliphatic carboxylic acids is 1. The zero-order chi connectivity index (χ0) is 11.4. The molecule has 0 aromatic rings. The molecule has 14 heavy (non-hydrogen) atoms. The van der Waals surface area contributed by atoms with Crippen molar-refractivity contribution in [3.63, 3.8) is 0 Å². The lowest BCUT2D eigenvalue weighted by atomic mass is 10.2. The van der Waals surface area contributed by atoms with Gasteiger partial charge in [0.1, 0.15) is 6.04 Å². The van der Waals surface area contributed by atoms with Gasteiger partial charge in [-0.15, -0.1) is 0 Å². The van der Waals surface area contributed by atoms with E-state index >= 15 is 0 Å². The molecule has 1 atom stereocenters. The number of carboxylic acids is 1. The first-order valence-corrected chi connectivity index (χ1v) is 5.03. The topological polar surface area (TPSA) is 66.4 Å². The summed E-state index contributed by atoms with van der Waals surface area (Å²) < 4.78 is -2.12. The molecule has 0 saturated heterocycles. The molecular formula is C7H10Cl3NO3. The van der Waals surface area contributed by atoms with Gasteiger partial charge >= 0.3 is 5.97 Å². The molecule has 4 nitrogen and oxygen atoms in total. The SMILES string of the molecule is CCC[C@H](NC(=O)C(Cl)(Cl)Cl)C(=O)O. The number of halogens is 3. The summed E-state index contributed by atoms with van der Waals surface area (Å²) in [4.78, 5) is 21.7. The molecule has 0 rings (SSSR count). The maximum Gasteiger partial charge on any atom is 0.326 e. The Balaban J connectivity index is 4.31. The number of amides is 1. The van der Waals surface area contributed by atoms with Gasteiger partial charge in [-0.25, -0.2) is 4.79 Å². The first-order valence-electron chi connectivity index (χ1n) is 3.89. The number of nitrogens with one attached hydrogen (secondary N) is 1. The summed E-state index contributed by atoms with van der Waals surface area (Å²) >= 11 is 15.8. The highest BCUT2D eigenvalue weighted by Crippen LogP contribution is 2.26. The summed E-state index contributed by atoms with van der Waals surface area (Å²) in [5.41, 5.74) is 0. The van der Waals surface area contributed by atoms with Crippen molar-refractivity contribution >= 4 is 46.7 Å². The molecule has 1 amide bonds. The predicted octanol–water partition coefficient (Wildman–Crippen LogP) is 1.73. The van der Waals surface area contributed by atoms with Gasteiger partial charge in [0.2, 0.25) is 0 Å². The molecule has 0 aromatic carbocycles. The van der Waals surface area contributed by atoms with Crippen LogP contribution in [0.15, 0.2) is 0 Å². The van der Waals surface area contributed by atoms with Gasteiger partial charge in [-0.3, -0.25) is 4.79 Å². The highest BCUT2D eigenvalue weighted by Gasteiger charge is 2.33. The fourth-order valence-electron chi connectivity index (χ4n) is 0.786. The van der Waals surface area contributed by atoms with Crippen molar-refractivity contribution in [3.8, 4) is 0 Å². The molecule has 0 heterocycles. The van der Waals surface area contributed by atoms with Crippen LogP contribution in [-0.4, -0.2) is 26.8 Å². The van der Waals surface area contributed by atoms with Gasteiger partial charge in [0.15, 0.2) is 0 Å². The summed E-state index contributed by atoms with van der Waals surface area (Å²) in [6.07, 6.45) is 0.902. The Morgan fingerprint density at radius 2 is 1.93 bits per heavy atom. The average Bonchev–Trinajstić information content (AvgIpc) is 2.01. The van der Waals surface area contributed by atoms with E-state index in [1.807, 2.05) is 0 Å². The van der Waals surface area contributed by atoms with Gasteiger partial charge in [-0.1, -0.05) is 48.1 Å². The number of carbonyl (C=O) groups is 2. The molecule has 82 valence electrons. The highest BCUT2D eigenvalue weighted by molar-refractivity contribution is 6.76. The molecule has 0 aromatic heterocycles. The van der Waals surface area contributed by atoms with Crippen molar-refractivity contribution < 1.29 is 14.7 Å². The maximum absolute atomic E-state index is 11.1. The van der Waals surface area contributed by atoms with E-state index in [4.69, 9.17) is 39.9 Å². The lowest BCUT2D eigenvalue weighted by Crippen LogP contribution is -2.45. The van der Waals surface area contributed by atoms with Crippen LogP contribution in [0, 0.1) is 0 Å². The second-order valence-corrected chi connectivity index (χ2v) is 4.93. The highest BCUT2D eigenvalue weighted by atomic mass is 35.6. The summed E-state index contributed by atoms with van der Waals surface area (Å²) in [6, 6.07) is -1.01. The lowest BCUT2D eigenvalue weighted by molar-refractivity contribution is -0.141. The van der Waals surface area contributed by atoms with Crippen LogP contribution < -0.4 is 5.32 Å². The van der Waals surface area contributed by atoms with Crippen molar-refractivity contribution in [2.45, 2.75) is 29.6 Å². The molecule has 0 saturated carbocycles. The van der Waals surface area contributed by atoms with Crippen LogP contribution in [0.5, 0.6) is 0 Å². The number of hydrogen-bond donors (Lipinski definition) is 2. The van der Waals surface area contributed by atoms with Gasteiger partial charge in [-0.05, 0) is 6.42 Å². The molecule has 0 aliphatic rings. The van der Waals surface area contributed by atoms with E-state index in [0.29, 0.717) is 12.8 Å². The van der Waals surface area contributed by atoms with Gasteiger partial charge in [0, 0.05) is 0 Å². The van der Waals surface area contributed by atoms with Crippen LogP contribution >= 0.6 is 34.8 Å². The van der Waals surface area contributed by atoms with E-state index < -0.39 is 21.7 Å². The summed E-state index contributed by atoms with van der Waals surface area (Å²) in [5, 5.41) is 10.8. The largest absolute Gasteiger partial charge is 0.480 e. The molecule has 0 spiro atoms. The van der Waals surface area contributed by atoms with Crippen molar-refractivity contribution in [3.05, 3.63) is 0 Å². The van der Waals surface area contributed by atoms with E-state index in [2.05, 4.69) is 5.32 Å². The minimum absolute atomic E-state index is 0.293. The van der Waals surface area contributed by atoms with Crippen LogP contribution in [0.1, 0.15) is 19.8 Å². The fourth-order valence-corrected chi connectivity index (χ4v) is 0.950. The third-order valence-electron chi connectivity index (χ3n) is 1.44. The Labute approximate surface area is 96.5 Å². The smallest absolute Gasteiger partial charge is 0.326 e. The molecule has 0 aliphatic heterocycles. The minimum atomic E-state index is -2.12. The third kappa shape index (κ3) is 4.88. The van der Waals surface area contributed by atoms with Gasteiger partial charge < -0.3 is 10.4 Å². The third-order valence-corrected chi connectivity index (χ3v) is 1.95. The number of rotatable bonds is 4. The molecule has 0 unspecified atom stereocenters. The van der Waals surface area contributed by atoms with Crippen molar-refractivity contribution in [1.82, 2.24) is 5.32 Å². The number of carboxylic acid groups (broad SMARTS) is 1. The van der Waals surface area contributed by atoms with Crippen LogP contribution in [-0.2, 0) is 9.59 Å². The average molecular weight is 263 g/mol. The van der Waals surface area contributed by atoms with Crippen LogP contribution in [0.25, 0.3) is 0 Å². The minimum Gasteiger partial charge on any atom is -0.480 e. The molecule has 0 fully saturated rings. The van der Waals surface area contributed by atoms with E-state index in [1.165, 1.54) is 0 Å². The molecule has 0 bridgehead atoms. The Bertz CT molecular complexity index is 227. The lowest BCUT2D eigenvalue weighted by Gasteiger charge is -2.16. The Kier molecular flexibility index (Phi) is 5.56. The van der Waals surface area contributed by atoms with Crippen molar-refractivity contribution in [1.29, 1.82) is 0 Å². The second-order valence-electron chi connectivity index (χ2n) is 2.65. The maximum atomic E-state index is 11.1. The standard InChI is InChI=1S/C7H10Cl3NO3/c1-2-3-4(5(12)13)11-6(14)7(8,9)10/h4H,2-3H2,1H3,(H,11,14)(H,12,13)/t4-/m0/s1. The fraction of sp³-hybridized carbons (Fsp3) is 0.714. The van der Waals surface area contributed by atoms with Crippen LogP contribution in [0.4, 0.5) is 0 Å². The van der Waals surface area contributed by atoms with Crippen LogP contribution in [0.2, 0.25) is 0 Å². The first-order chi connectivity index (χ1) is 6.29. The first kappa shape index (κ1) is 13.8. The molecule has 2 N–H and O–H groups in total. The zero-order valence-electron chi connectivity index (χ0n) is 7.39. The van der Waals surface area contributed by atoms with E-state index in [1.54, 1.807) is 6.92 Å². The van der Waals surface area contributed by atoms with Crippen LogP contribution in [0.3, 0.4) is 0 Å². The van der Waals surface area contributed by atoms with Gasteiger partial charge in [0.25, 0.3) is 9.70 Å². The second kappa shape index (κ2) is 5.63. The Hall–Kier alpha value is -0.190. The Morgan fingerprint density at radius 3 is 2.21 bits per heavy atom. The summed E-state index contributed by atoms with van der Waals surface area (Å²) in [5.74, 6) is -2.07. The van der Waals surface area contributed by atoms with E-state index in [9.17, 15) is 9.59 Å². The predicted molar refractivity (Wildman–Crippen MR) is 54.8 cm³/mol. The van der Waals surface area contributed by atoms with Crippen molar-refractivity contribution in [2.24, 2.45) is 0 Å². The summed E-state index contributed by atoms with van der Waals surface area (Å²) in [6.45, 7) is 1.79. The van der Waals surface area contributed by atoms with E-state index in [-0.39, 0.29) is 0 Å². The van der Waals surface area contributed by atoms with Gasteiger partial charge in [0.05, 0.1) is 0 Å². The number of alkyl halides is 3. The quantitative estimate of drug-likeness (QED) is 0.758. The normalized spacial score (nSPS) is 13.4. The Morgan fingerprint density at radius 1 is 1.43 bits per heavy atom. The molecule has 0 radical (unpaired) electrons. The van der Waals surface area contributed by atoms with E-state index in [0.717, 1.165) is 0 Å². The molecule has 0 aliphatic carbocycles. The summed E-state index contributed by atoms with van der Waals surface area (Å²) in [7, 11) is 0. The van der Waals surface area contributed by atoms with Gasteiger partial charge in [-0.2, -0.15) is 0 Å². The zero-order valence-corrected chi connectivity index (χ0v) is 9.66. The number of carbonyl (C=O) groups excluding carboxylic acids is 1. The van der Waals surface area contributed by atoms with Crippen molar-refractivity contribution in [2.75, 3.05) is 0 Å². The monoisotopic (exact) mass is 261 g/mol.